The summed E-state index contributed by atoms with van der Waals surface area (Å²) in [7, 11) is 2.89. The van der Waals surface area contributed by atoms with Gasteiger partial charge in [0.1, 0.15) is 23.6 Å². The van der Waals surface area contributed by atoms with Crippen molar-refractivity contribution in [1.29, 1.82) is 5.26 Å². The molecule has 7 heteroatoms. The number of carbonyl (C=O) groups is 2. The molecule has 0 spiro atoms. The lowest BCUT2D eigenvalue weighted by atomic mass is 9.98. The number of rotatable bonds is 4. The monoisotopic (exact) mass is 379 g/mol. The van der Waals surface area contributed by atoms with E-state index in [2.05, 4.69) is 11.1 Å². The van der Waals surface area contributed by atoms with Gasteiger partial charge in [-0.15, -0.1) is 0 Å². The van der Waals surface area contributed by atoms with E-state index in [0.717, 1.165) is 12.0 Å². The number of aromatic nitrogens is 1. The first kappa shape index (κ1) is 19.4. The van der Waals surface area contributed by atoms with Gasteiger partial charge in [0.25, 0.3) is 5.91 Å². The summed E-state index contributed by atoms with van der Waals surface area (Å²) < 4.78 is 10.00. The highest BCUT2D eigenvalue weighted by molar-refractivity contribution is 5.97. The van der Waals surface area contributed by atoms with Crippen LogP contribution in [0.15, 0.2) is 30.3 Å². The predicted octanol–water partition coefficient (Wildman–Crippen LogP) is 2.71. The number of benzene rings is 1. The SMILES string of the molecule is COC(=O)C1CCCN1C(=O)c1cc(-c2ccc(OC)cc2)c(C#N)c(C)n1. The molecule has 3 rings (SSSR count). The number of pyridine rings is 1. The fourth-order valence-corrected chi connectivity index (χ4v) is 3.46. The number of nitriles is 1. The molecule has 144 valence electrons. The highest BCUT2D eigenvalue weighted by atomic mass is 16.5. The quantitative estimate of drug-likeness (QED) is 0.759. The Morgan fingerprint density at radius 1 is 1.25 bits per heavy atom. The zero-order valence-corrected chi connectivity index (χ0v) is 16.1. The van der Waals surface area contributed by atoms with E-state index in [9.17, 15) is 14.9 Å². The van der Waals surface area contributed by atoms with E-state index < -0.39 is 12.0 Å². The second-order valence-electron chi connectivity index (χ2n) is 6.54. The number of aryl methyl sites for hydroxylation is 1. The van der Waals surface area contributed by atoms with Gasteiger partial charge in [-0.1, -0.05) is 12.1 Å². The number of carbonyl (C=O) groups excluding carboxylic acids is 2. The van der Waals surface area contributed by atoms with Crippen molar-refractivity contribution in [3.05, 3.63) is 47.3 Å². The topological polar surface area (TPSA) is 92.5 Å². The summed E-state index contributed by atoms with van der Waals surface area (Å²) in [6, 6.07) is 10.4. The second kappa shape index (κ2) is 8.09. The van der Waals surface area contributed by atoms with Crippen molar-refractivity contribution >= 4 is 11.9 Å². The first-order valence-electron chi connectivity index (χ1n) is 8.95. The van der Waals surface area contributed by atoms with Crippen LogP contribution in [0.4, 0.5) is 0 Å². The van der Waals surface area contributed by atoms with Crippen molar-refractivity contribution in [3.8, 4) is 22.9 Å². The summed E-state index contributed by atoms with van der Waals surface area (Å²) in [5.41, 5.74) is 2.48. The van der Waals surface area contributed by atoms with Crippen molar-refractivity contribution in [2.75, 3.05) is 20.8 Å². The zero-order chi connectivity index (χ0) is 20.3. The Labute approximate surface area is 163 Å². The van der Waals surface area contributed by atoms with Crippen LogP contribution in [0.25, 0.3) is 11.1 Å². The number of hydrogen-bond acceptors (Lipinski definition) is 6. The van der Waals surface area contributed by atoms with Crippen LogP contribution in [0.1, 0.15) is 34.6 Å². The number of likely N-dealkylation sites (tertiary alicyclic amines) is 1. The molecule has 1 atom stereocenters. The van der Waals surface area contributed by atoms with Crippen LogP contribution in [-0.2, 0) is 9.53 Å². The Bertz CT molecular complexity index is 947. The first-order chi connectivity index (χ1) is 13.5. The van der Waals surface area contributed by atoms with E-state index in [4.69, 9.17) is 9.47 Å². The molecule has 1 unspecified atom stereocenters. The Hall–Kier alpha value is -3.40. The van der Waals surface area contributed by atoms with Crippen LogP contribution in [-0.4, -0.2) is 48.6 Å². The molecule has 0 aliphatic carbocycles. The Balaban J connectivity index is 2.03. The maximum atomic E-state index is 13.1. The molecular weight excluding hydrogens is 358 g/mol. The molecule has 1 aliphatic rings. The third-order valence-electron chi connectivity index (χ3n) is 4.92. The minimum atomic E-state index is -0.598. The van der Waals surface area contributed by atoms with Crippen LogP contribution in [0, 0.1) is 18.3 Å². The van der Waals surface area contributed by atoms with Gasteiger partial charge >= 0.3 is 5.97 Å². The number of esters is 1. The second-order valence-corrected chi connectivity index (χ2v) is 6.54. The molecule has 0 saturated carbocycles. The summed E-state index contributed by atoms with van der Waals surface area (Å²) in [6.07, 6.45) is 1.30. The molecule has 0 bridgehead atoms. The van der Waals surface area contributed by atoms with Gasteiger partial charge < -0.3 is 14.4 Å². The van der Waals surface area contributed by atoms with E-state index in [1.54, 1.807) is 32.2 Å². The van der Waals surface area contributed by atoms with Crippen LogP contribution in [0.2, 0.25) is 0 Å². The Morgan fingerprint density at radius 3 is 2.57 bits per heavy atom. The molecule has 2 aromatic rings. The highest BCUT2D eigenvalue weighted by Crippen LogP contribution is 2.29. The van der Waals surface area contributed by atoms with Gasteiger partial charge in [-0.25, -0.2) is 9.78 Å². The zero-order valence-electron chi connectivity index (χ0n) is 16.1. The lowest BCUT2D eigenvalue weighted by molar-refractivity contribution is -0.145. The van der Waals surface area contributed by atoms with Gasteiger partial charge in [-0.3, -0.25) is 4.79 Å². The van der Waals surface area contributed by atoms with Crippen LogP contribution in [0.3, 0.4) is 0 Å². The average Bonchev–Trinajstić information content (AvgIpc) is 3.22. The number of nitrogens with zero attached hydrogens (tertiary/aromatic N) is 3. The maximum absolute atomic E-state index is 13.1. The molecule has 2 heterocycles. The van der Waals surface area contributed by atoms with E-state index in [-0.39, 0.29) is 11.6 Å². The number of methoxy groups -OCH3 is 2. The predicted molar refractivity (Wildman–Crippen MR) is 102 cm³/mol. The summed E-state index contributed by atoms with van der Waals surface area (Å²) >= 11 is 0. The fraction of sp³-hybridized carbons (Fsp3) is 0.333. The van der Waals surface area contributed by atoms with Crippen molar-refractivity contribution in [2.45, 2.75) is 25.8 Å². The first-order valence-corrected chi connectivity index (χ1v) is 8.95. The summed E-state index contributed by atoms with van der Waals surface area (Å²) in [6.45, 7) is 2.17. The largest absolute Gasteiger partial charge is 0.497 e. The van der Waals surface area contributed by atoms with Crippen molar-refractivity contribution in [3.63, 3.8) is 0 Å². The normalized spacial score (nSPS) is 15.8. The summed E-state index contributed by atoms with van der Waals surface area (Å²) in [5.74, 6) is -0.0656. The number of hydrogen-bond donors (Lipinski definition) is 0. The van der Waals surface area contributed by atoms with Crippen LogP contribution in [0.5, 0.6) is 5.75 Å². The average molecular weight is 379 g/mol. The minimum absolute atomic E-state index is 0.207. The van der Waals surface area contributed by atoms with Crippen molar-refractivity contribution in [2.24, 2.45) is 0 Å². The molecule has 1 aliphatic heterocycles. The molecule has 1 saturated heterocycles. The lowest BCUT2D eigenvalue weighted by Crippen LogP contribution is -2.41. The van der Waals surface area contributed by atoms with Gasteiger partial charge in [0.05, 0.1) is 25.5 Å². The van der Waals surface area contributed by atoms with Gasteiger partial charge in [0.2, 0.25) is 0 Å². The minimum Gasteiger partial charge on any atom is -0.497 e. The molecule has 1 fully saturated rings. The lowest BCUT2D eigenvalue weighted by Gasteiger charge is -2.23. The third kappa shape index (κ3) is 3.54. The molecule has 1 amide bonds. The summed E-state index contributed by atoms with van der Waals surface area (Å²) in [4.78, 5) is 30.9. The number of ether oxygens (including phenoxy) is 2. The fourth-order valence-electron chi connectivity index (χ4n) is 3.46. The highest BCUT2D eigenvalue weighted by Gasteiger charge is 2.36. The molecule has 28 heavy (non-hydrogen) atoms. The molecule has 7 nitrogen and oxygen atoms in total. The van der Waals surface area contributed by atoms with E-state index >= 15 is 0 Å². The Kier molecular flexibility index (Phi) is 5.59. The van der Waals surface area contributed by atoms with Gasteiger partial charge in [-0.05, 0) is 43.5 Å². The molecular formula is C21H21N3O4. The summed E-state index contributed by atoms with van der Waals surface area (Å²) in [5, 5.41) is 9.58. The van der Waals surface area contributed by atoms with E-state index in [0.29, 0.717) is 35.5 Å². The molecule has 1 aromatic carbocycles. The smallest absolute Gasteiger partial charge is 0.328 e. The van der Waals surface area contributed by atoms with E-state index in [1.807, 2.05) is 12.1 Å². The Morgan fingerprint density at radius 2 is 1.96 bits per heavy atom. The van der Waals surface area contributed by atoms with Crippen LogP contribution < -0.4 is 4.74 Å². The van der Waals surface area contributed by atoms with Crippen molar-refractivity contribution in [1.82, 2.24) is 9.88 Å². The standard InChI is InChI=1S/C21H21N3O4/c1-13-17(12-22)16(14-6-8-15(27-2)9-7-14)11-18(23-13)20(25)24-10-4-5-19(24)21(26)28-3/h6-9,11,19H,4-5,10H2,1-3H3. The van der Waals surface area contributed by atoms with E-state index in [1.165, 1.54) is 12.0 Å². The van der Waals surface area contributed by atoms with Crippen LogP contribution >= 0.6 is 0 Å². The molecule has 0 N–H and O–H groups in total. The van der Waals surface area contributed by atoms with Gasteiger partial charge in [-0.2, -0.15) is 5.26 Å². The molecule has 0 radical (unpaired) electrons. The van der Waals surface area contributed by atoms with Gasteiger partial charge in [0.15, 0.2) is 0 Å². The molecule has 1 aromatic heterocycles. The van der Waals surface area contributed by atoms with Crippen molar-refractivity contribution < 1.29 is 19.1 Å². The number of amides is 1. The third-order valence-corrected chi connectivity index (χ3v) is 4.92. The maximum Gasteiger partial charge on any atom is 0.328 e. The van der Waals surface area contributed by atoms with Gasteiger partial charge in [0, 0.05) is 12.1 Å².